The van der Waals surface area contributed by atoms with E-state index in [9.17, 15) is 9.59 Å². The predicted molar refractivity (Wildman–Crippen MR) is 104 cm³/mol. The van der Waals surface area contributed by atoms with E-state index >= 15 is 0 Å². The standard InChI is InChI=1S/C20H23ClN2O4/c1-14(2)11-12-26-17-9-5-3-7-15(17)20(25)23-22-19(24)13-27-18-10-6-4-8-16(18)21/h3-10,14H,11-13H2,1-2H3,(H,22,24)(H,23,25). The van der Waals surface area contributed by atoms with Crippen LogP contribution in [0.15, 0.2) is 48.5 Å². The number of carbonyl (C=O) groups excluding carboxylic acids is 2. The normalized spacial score (nSPS) is 10.4. The van der Waals surface area contributed by atoms with Crippen molar-refractivity contribution in [2.45, 2.75) is 20.3 Å². The van der Waals surface area contributed by atoms with Crippen LogP contribution in [0.1, 0.15) is 30.6 Å². The maximum atomic E-state index is 12.3. The summed E-state index contributed by atoms with van der Waals surface area (Å²) >= 11 is 5.95. The van der Waals surface area contributed by atoms with Gasteiger partial charge in [-0.15, -0.1) is 0 Å². The molecule has 0 saturated carbocycles. The number of hydrogen-bond donors (Lipinski definition) is 2. The van der Waals surface area contributed by atoms with Crippen LogP contribution >= 0.6 is 11.6 Å². The Morgan fingerprint density at radius 3 is 2.33 bits per heavy atom. The average Bonchev–Trinajstić information content (AvgIpc) is 2.65. The van der Waals surface area contributed by atoms with E-state index in [0.717, 1.165) is 6.42 Å². The van der Waals surface area contributed by atoms with Crippen LogP contribution < -0.4 is 20.3 Å². The van der Waals surface area contributed by atoms with Crippen LogP contribution in [-0.4, -0.2) is 25.0 Å². The minimum absolute atomic E-state index is 0.281. The molecule has 0 spiro atoms. The predicted octanol–water partition coefficient (Wildman–Crippen LogP) is 3.60. The number of halogens is 1. The van der Waals surface area contributed by atoms with Gasteiger partial charge < -0.3 is 9.47 Å². The second-order valence-corrected chi connectivity index (χ2v) is 6.66. The number of rotatable bonds is 8. The van der Waals surface area contributed by atoms with E-state index in [-0.39, 0.29) is 6.61 Å². The first-order valence-electron chi connectivity index (χ1n) is 8.65. The molecular weight excluding hydrogens is 368 g/mol. The highest BCUT2D eigenvalue weighted by atomic mass is 35.5. The molecule has 6 nitrogen and oxygen atoms in total. The largest absolute Gasteiger partial charge is 0.493 e. The van der Waals surface area contributed by atoms with Gasteiger partial charge in [0.15, 0.2) is 6.61 Å². The third-order valence-electron chi connectivity index (χ3n) is 3.60. The highest BCUT2D eigenvalue weighted by Gasteiger charge is 2.13. The Bertz CT molecular complexity index is 780. The first-order chi connectivity index (χ1) is 13.0. The Kier molecular flexibility index (Phi) is 7.95. The minimum atomic E-state index is -0.513. The molecule has 0 aliphatic carbocycles. The van der Waals surface area contributed by atoms with Gasteiger partial charge in [-0.05, 0) is 36.6 Å². The summed E-state index contributed by atoms with van der Waals surface area (Å²) in [6.45, 7) is 4.43. The summed E-state index contributed by atoms with van der Waals surface area (Å²) in [6, 6.07) is 13.7. The smallest absolute Gasteiger partial charge is 0.276 e. The fourth-order valence-corrected chi connectivity index (χ4v) is 2.31. The van der Waals surface area contributed by atoms with E-state index in [0.29, 0.717) is 34.6 Å². The van der Waals surface area contributed by atoms with Crippen molar-refractivity contribution in [3.05, 3.63) is 59.1 Å². The molecule has 2 amide bonds. The quantitative estimate of drug-likeness (QED) is 0.675. The third kappa shape index (κ3) is 6.83. The minimum Gasteiger partial charge on any atom is -0.493 e. The lowest BCUT2D eigenvalue weighted by Crippen LogP contribution is -2.44. The zero-order valence-corrected chi connectivity index (χ0v) is 16.1. The molecule has 0 fully saturated rings. The summed E-state index contributed by atoms with van der Waals surface area (Å²) in [7, 11) is 0. The van der Waals surface area contributed by atoms with Gasteiger partial charge >= 0.3 is 0 Å². The molecule has 0 atom stereocenters. The molecule has 0 aromatic heterocycles. The summed E-state index contributed by atoms with van der Waals surface area (Å²) in [5.74, 6) is 0.382. The second-order valence-electron chi connectivity index (χ2n) is 6.25. The van der Waals surface area contributed by atoms with Gasteiger partial charge in [-0.25, -0.2) is 0 Å². The first kappa shape index (κ1) is 20.6. The van der Waals surface area contributed by atoms with Crippen LogP contribution in [0.25, 0.3) is 0 Å². The maximum absolute atomic E-state index is 12.3. The molecule has 144 valence electrons. The number of benzene rings is 2. The SMILES string of the molecule is CC(C)CCOc1ccccc1C(=O)NNC(=O)COc1ccccc1Cl. The van der Waals surface area contributed by atoms with Gasteiger partial charge in [0.05, 0.1) is 17.2 Å². The highest BCUT2D eigenvalue weighted by Crippen LogP contribution is 2.22. The summed E-state index contributed by atoms with van der Waals surface area (Å²) in [6.07, 6.45) is 0.881. The van der Waals surface area contributed by atoms with Gasteiger partial charge in [0.1, 0.15) is 11.5 Å². The number of carbonyl (C=O) groups is 2. The van der Waals surface area contributed by atoms with Crippen molar-refractivity contribution in [3.8, 4) is 11.5 Å². The molecule has 0 aliphatic rings. The third-order valence-corrected chi connectivity index (χ3v) is 3.91. The van der Waals surface area contributed by atoms with Crippen molar-refractivity contribution in [2.75, 3.05) is 13.2 Å². The molecule has 2 rings (SSSR count). The number of para-hydroxylation sites is 2. The average molecular weight is 391 g/mol. The van der Waals surface area contributed by atoms with Crippen LogP contribution in [0.5, 0.6) is 11.5 Å². The van der Waals surface area contributed by atoms with Gasteiger partial charge in [-0.1, -0.05) is 49.7 Å². The molecule has 0 unspecified atom stereocenters. The van der Waals surface area contributed by atoms with Gasteiger partial charge in [-0.3, -0.25) is 20.4 Å². The molecule has 27 heavy (non-hydrogen) atoms. The first-order valence-corrected chi connectivity index (χ1v) is 9.03. The molecule has 0 heterocycles. The van der Waals surface area contributed by atoms with Crippen LogP contribution in [0.4, 0.5) is 0 Å². The van der Waals surface area contributed by atoms with Crippen LogP contribution in [0, 0.1) is 5.92 Å². The Hall–Kier alpha value is -2.73. The Morgan fingerprint density at radius 1 is 0.963 bits per heavy atom. The Balaban J connectivity index is 1.84. The number of hydrazine groups is 1. The van der Waals surface area contributed by atoms with Crippen LogP contribution in [0.3, 0.4) is 0 Å². The van der Waals surface area contributed by atoms with Gasteiger partial charge in [0.25, 0.3) is 11.8 Å². The lowest BCUT2D eigenvalue weighted by Gasteiger charge is -2.13. The number of ether oxygens (including phenoxy) is 2. The summed E-state index contributed by atoms with van der Waals surface area (Å²) in [5, 5.41) is 0.404. The van der Waals surface area contributed by atoms with Crippen LogP contribution in [-0.2, 0) is 4.79 Å². The fraction of sp³-hybridized carbons (Fsp3) is 0.300. The van der Waals surface area contributed by atoms with E-state index in [1.54, 1.807) is 48.5 Å². The lowest BCUT2D eigenvalue weighted by atomic mass is 10.1. The summed E-state index contributed by atoms with van der Waals surface area (Å²) in [4.78, 5) is 24.2. The molecule has 2 aromatic carbocycles. The lowest BCUT2D eigenvalue weighted by molar-refractivity contribution is -0.123. The molecule has 0 bridgehead atoms. The van der Waals surface area contributed by atoms with Gasteiger partial charge in [0.2, 0.25) is 0 Å². The van der Waals surface area contributed by atoms with Crippen molar-refractivity contribution >= 4 is 23.4 Å². The molecular formula is C20H23ClN2O4. The van der Waals surface area contributed by atoms with Gasteiger partial charge in [0, 0.05) is 0 Å². The molecule has 7 heteroatoms. The number of hydrogen-bond acceptors (Lipinski definition) is 4. The molecule has 0 saturated heterocycles. The Labute approximate surface area is 163 Å². The van der Waals surface area contributed by atoms with Crippen molar-refractivity contribution < 1.29 is 19.1 Å². The molecule has 0 aliphatic heterocycles. The van der Waals surface area contributed by atoms with Crippen molar-refractivity contribution in [1.29, 1.82) is 0 Å². The Morgan fingerprint density at radius 2 is 1.63 bits per heavy atom. The molecule has 0 radical (unpaired) electrons. The van der Waals surface area contributed by atoms with Crippen LogP contribution in [0.2, 0.25) is 5.02 Å². The number of amides is 2. The van der Waals surface area contributed by atoms with E-state index in [1.807, 2.05) is 0 Å². The van der Waals surface area contributed by atoms with E-state index in [2.05, 4.69) is 24.7 Å². The van der Waals surface area contributed by atoms with Gasteiger partial charge in [-0.2, -0.15) is 0 Å². The topological polar surface area (TPSA) is 76.7 Å². The fourth-order valence-electron chi connectivity index (χ4n) is 2.12. The van der Waals surface area contributed by atoms with Crippen molar-refractivity contribution in [2.24, 2.45) is 5.92 Å². The monoisotopic (exact) mass is 390 g/mol. The van der Waals surface area contributed by atoms with Crippen molar-refractivity contribution in [1.82, 2.24) is 10.9 Å². The number of nitrogens with one attached hydrogen (secondary N) is 2. The zero-order chi connectivity index (χ0) is 19.6. The summed E-state index contributed by atoms with van der Waals surface area (Å²) < 4.78 is 11.0. The molecule has 2 N–H and O–H groups in total. The van der Waals surface area contributed by atoms with Crippen molar-refractivity contribution in [3.63, 3.8) is 0 Å². The summed E-state index contributed by atoms with van der Waals surface area (Å²) in [5.41, 5.74) is 5.01. The molecule has 2 aromatic rings. The van der Waals surface area contributed by atoms with E-state index in [4.69, 9.17) is 21.1 Å². The van der Waals surface area contributed by atoms with E-state index < -0.39 is 11.8 Å². The van der Waals surface area contributed by atoms with E-state index in [1.165, 1.54) is 0 Å². The highest BCUT2D eigenvalue weighted by molar-refractivity contribution is 6.32. The maximum Gasteiger partial charge on any atom is 0.276 e. The zero-order valence-electron chi connectivity index (χ0n) is 15.3. The second kappa shape index (κ2) is 10.4.